The van der Waals surface area contributed by atoms with Crippen molar-refractivity contribution in [3.63, 3.8) is 0 Å². The first-order valence-electron chi connectivity index (χ1n) is 6.72. The van der Waals surface area contributed by atoms with Crippen molar-refractivity contribution in [1.29, 1.82) is 0 Å². The number of anilines is 2. The van der Waals surface area contributed by atoms with Crippen molar-refractivity contribution in [2.24, 2.45) is 0 Å². The fraction of sp³-hybridized carbons (Fsp3) is 0.333. The second-order valence-corrected chi connectivity index (χ2v) is 5.41. The molecule has 0 spiro atoms. The number of hydrogen-bond donors (Lipinski definition) is 1. The Bertz CT molecular complexity index is 658. The molecule has 0 saturated carbocycles. The molecule has 0 atom stereocenters. The van der Waals surface area contributed by atoms with Gasteiger partial charge in [-0.1, -0.05) is 17.7 Å². The average molecular weight is 292 g/mol. The van der Waals surface area contributed by atoms with Crippen LogP contribution in [-0.4, -0.2) is 9.97 Å². The van der Waals surface area contributed by atoms with Crippen LogP contribution in [-0.2, 0) is 12.8 Å². The van der Waals surface area contributed by atoms with Gasteiger partial charge in [0, 0.05) is 11.3 Å². The van der Waals surface area contributed by atoms with Crippen LogP contribution >= 0.6 is 11.6 Å². The van der Waals surface area contributed by atoms with Crippen LogP contribution < -0.4 is 5.32 Å². The summed E-state index contributed by atoms with van der Waals surface area (Å²) >= 11 is 6.22. The zero-order chi connectivity index (χ0) is 14.1. The van der Waals surface area contributed by atoms with Crippen molar-refractivity contribution < 1.29 is 4.39 Å². The number of fused-ring (bicyclic) bond motifs is 1. The third kappa shape index (κ3) is 2.61. The second kappa shape index (κ2) is 5.37. The molecule has 0 aliphatic heterocycles. The summed E-state index contributed by atoms with van der Waals surface area (Å²) in [6.45, 7) is 1.90. The van der Waals surface area contributed by atoms with Gasteiger partial charge in [-0.3, -0.25) is 0 Å². The van der Waals surface area contributed by atoms with Crippen molar-refractivity contribution in [2.75, 3.05) is 5.32 Å². The van der Waals surface area contributed by atoms with E-state index in [1.165, 1.54) is 12.1 Å². The Balaban J connectivity index is 1.95. The van der Waals surface area contributed by atoms with E-state index in [2.05, 4.69) is 15.3 Å². The van der Waals surface area contributed by atoms with E-state index in [4.69, 9.17) is 11.6 Å². The highest BCUT2D eigenvalue weighted by atomic mass is 35.5. The van der Waals surface area contributed by atoms with Gasteiger partial charge in [0.1, 0.15) is 11.0 Å². The predicted molar refractivity (Wildman–Crippen MR) is 78.1 cm³/mol. The quantitative estimate of drug-likeness (QED) is 0.843. The van der Waals surface area contributed by atoms with E-state index >= 15 is 0 Å². The van der Waals surface area contributed by atoms with Crippen molar-refractivity contribution in [3.05, 3.63) is 46.0 Å². The smallest absolute Gasteiger partial charge is 0.228 e. The summed E-state index contributed by atoms with van der Waals surface area (Å²) in [6, 6.07) is 4.59. The predicted octanol–water partition coefficient (Wildman–Crippen LogP) is 4.20. The van der Waals surface area contributed by atoms with Crippen molar-refractivity contribution >= 4 is 23.2 Å². The molecule has 3 rings (SSSR count). The van der Waals surface area contributed by atoms with Gasteiger partial charge < -0.3 is 5.32 Å². The molecule has 5 heteroatoms. The van der Waals surface area contributed by atoms with Crippen molar-refractivity contribution in [2.45, 2.75) is 32.6 Å². The van der Waals surface area contributed by atoms with Crippen LogP contribution in [0.5, 0.6) is 0 Å². The van der Waals surface area contributed by atoms with Gasteiger partial charge in [0.2, 0.25) is 5.95 Å². The number of aryl methyl sites for hydroxylation is 2. The summed E-state index contributed by atoms with van der Waals surface area (Å²) in [6.07, 6.45) is 4.12. The molecular weight excluding hydrogens is 277 g/mol. The first kappa shape index (κ1) is 13.3. The number of benzene rings is 1. The van der Waals surface area contributed by atoms with Crippen LogP contribution in [0, 0.1) is 12.7 Å². The topological polar surface area (TPSA) is 37.8 Å². The van der Waals surface area contributed by atoms with Gasteiger partial charge in [-0.2, -0.15) is 0 Å². The van der Waals surface area contributed by atoms with Gasteiger partial charge in [0.25, 0.3) is 0 Å². The van der Waals surface area contributed by atoms with Crippen LogP contribution in [0.15, 0.2) is 18.2 Å². The Kier molecular flexibility index (Phi) is 3.57. The molecule has 1 N–H and O–H groups in total. The van der Waals surface area contributed by atoms with Crippen LogP contribution in [0.3, 0.4) is 0 Å². The fourth-order valence-corrected chi connectivity index (χ4v) is 2.74. The molecule has 3 nitrogen and oxygen atoms in total. The highest BCUT2D eigenvalue weighted by Crippen LogP contribution is 2.28. The maximum absolute atomic E-state index is 13.3. The summed E-state index contributed by atoms with van der Waals surface area (Å²) < 4.78 is 13.3. The van der Waals surface area contributed by atoms with E-state index in [1.54, 1.807) is 6.07 Å². The molecule has 0 radical (unpaired) electrons. The molecule has 1 aliphatic carbocycles. The lowest BCUT2D eigenvalue weighted by Crippen LogP contribution is -2.10. The lowest BCUT2D eigenvalue weighted by atomic mass is 9.97. The molecule has 1 aromatic carbocycles. The third-order valence-electron chi connectivity index (χ3n) is 3.58. The van der Waals surface area contributed by atoms with Crippen LogP contribution in [0.1, 0.15) is 29.7 Å². The van der Waals surface area contributed by atoms with Crippen LogP contribution in [0.25, 0.3) is 0 Å². The molecule has 20 heavy (non-hydrogen) atoms. The zero-order valence-corrected chi connectivity index (χ0v) is 12.0. The largest absolute Gasteiger partial charge is 0.324 e. The molecule has 0 bridgehead atoms. The standard InChI is InChI=1S/C15H15ClFN3/c1-9-6-7-10(17)8-13(9)19-15-18-12-5-3-2-4-11(12)14(16)20-15/h6-8H,2-5H2,1H3,(H,18,19,20). The summed E-state index contributed by atoms with van der Waals surface area (Å²) in [5.41, 5.74) is 3.66. The minimum absolute atomic E-state index is 0.290. The lowest BCUT2D eigenvalue weighted by molar-refractivity contribution is 0.628. The highest BCUT2D eigenvalue weighted by Gasteiger charge is 2.17. The van der Waals surface area contributed by atoms with E-state index in [0.29, 0.717) is 16.8 Å². The minimum atomic E-state index is -0.290. The number of aromatic nitrogens is 2. The maximum atomic E-state index is 13.3. The normalized spacial score (nSPS) is 13.9. The van der Waals surface area contributed by atoms with Crippen LogP contribution in [0.4, 0.5) is 16.0 Å². The number of nitrogens with one attached hydrogen (secondary N) is 1. The van der Waals surface area contributed by atoms with Gasteiger partial charge in [-0.05, 0) is 50.3 Å². The SMILES string of the molecule is Cc1ccc(F)cc1Nc1nc(Cl)c2c(n1)CCCC2. The van der Waals surface area contributed by atoms with Gasteiger partial charge in [0.15, 0.2) is 0 Å². The zero-order valence-electron chi connectivity index (χ0n) is 11.2. The number of rotatable bonds is 2. The van der Waals surface area contributed by atoms with E-state index in [9.17, 15) is 4.39 Å². The summed E-state index contributed by atoms with van der Waals surface area (Å²) in [5, 5.41) is 3.56. The number of hydrogen-bond acceptors (Lipinski definition) is 3. The van der Waals surface area contributed by atoms with Gasteiger partial charge >= 0.3 is 0 Å². The number of halogens is 2. The lowest BCUT2D eigenvalue weighted by Gasteiger charge is -2.17. The monoisotopic (exact) mass is 291 g/mol. The average Bonchev–Trinajstić information content (AvgIpc) is 2.43. The van der Waals surface area contributed by atoms with Gasteiger partial charge in [0.05, 0.1) is 5.69 Å². The Morgan fingerprint density at radius 3 is 2.85 bits per heavy atom. The molecule has 0 saturated heterocycles. The summed E-state index contributed by atoms with van der Waals surface area (Å²) in [5.74, 6) is 0.145. The maximum Gasteiger partial charge on any atom is 0.228 e. The molecule has 2 aromatic rings. The molecular formula is C15H15ClFN3. The molecule has 1 aliphatic rings. The van der Waals surface area contributed by atoms with E-state index in [-0.39, 0.29) is 5.82 Å². The summed E-state index contributed by atoms with van der Waals surface area (Å²) in [7, 11) is 0. The summed E-state index contributed by atoms with van der Waals surface area (Å²) in [4.78, 5) is 8.78. The highest BCUT2D eigenvalue weighted by molar-refractivity contribution is 6.30. The van der Waals surface area contributed by atoms with Crippen molar-refractivity contribution in [1.82, 2.24) is 9.97 Å². The van der Waals surface area contributed by atoms with Gasteiger partial charge in [-0.15, -0.1) is 0 Å². The first-order chi connectivity index (χ1) is 9.63. The Labute approximate surface area is 122 Å². The van der Waals surface area contributed by atoms with E-state index in [1.807, 2.05) is 6.92 Å². The van der Waals surface area contributed by atoms with E-state index in [0.717, 1.165) is 42.5 Å². The fourth-order valence-electron chi connectivity index (χ4n) is 2.45. The Hall–Kier alpha value is -1.68. The molecule has 0 fully saturated rings. The number of nitrogens with zero attached hydrogens (tertiary/aromatic N) is 2. The Morgan fingerprint density at radius 2 is 2.00 bits per heavy atom. The molecule has 0 amide bonds. The van der Waals surface area contributed by atoms with Crippen LogP contribution in [0.2, 0.25) is 5.15 Å². The van der Waals surface area contributed by atoms with Crippen molar-refractivity contribution in [3.8, 4) is 0 Å². The molecule has 0 unspecified atom stereocenters. The first-order valence-corrected chi connectivity index (χ1v) is 7.10. The molecule has 1 heterocycles. The third-order valence-corrected chi connectivity index (χ3v) is 3.89. The second-order valence-electron chi connectivity index (χ2n) is 5.05. The minimum Gasteiger partial charge on any atom is -0.324 e. The Morgan fingerprint density at radius 1 is 1.20 bits per heavy atom. The van der Waals surface area contributed by atoms with Gasteiger partial charge in [-0.25, -0.2) is 14.4 Å². The molecule has 1 aromatic heterocycles. The molecule has 104 valence electrons. The van der Waals surface area contributed by atoms with E-state index < -0.39 is 0 Å².